The van der Waals surface area contributed by atoms with Gasteiger partial charge in [0.25, 0.3) is 5.56 Å². The van der Waals surface area contributed by atoms with E-state index in [0.717, 1.165) is 38.2 Å². The van der Waals surface area contributed by atoms with Crippen molar-refractivity contribution >= 4 is 55.7 Å². The van der Waals surface area contributed by atoms with Crippen molar-refractivity contribution in [2.75, 3.05) is 20.8 Å². The number of fused-ring (bicyclic) bond motifs is 5. The number of hydrogen-bond donors (Lipinski definition) is 2. The highest BCUT2D eigenvalue weighted by molar-refractivity contribution is 6.10. The lowest BCUT2D eigenvalue weighted by molar-refractivity contribution is -0.157. The van der Waals surface area contributed by atoms with Gasteiger partial charge in [0, 0.05) is 11.8 Å². The van der Waals surface area contributed by atoms with Crippen LogP contribution in [0.1, 0.15) is 42.2 Å². The number of methoxy groups -OCH3 is 2. The Morgan fingerprint density at radius 1 is 0.758 bits per heavy atom. The fraction of sp³-hybridized carbons (Fsp3) is 0.208. The molecule has 8 aromatic rings. The Labute approximate surface area is 353 Å². The lowest BCUT2D eigenvalue weighted by Crippen LogP contribution is -2.39. The number of rotatable bonds is 13. The summed E-state index contributed by atoms with van der Waals surface area (Å²) in [5.74, 6) is -0.657. The van der Waals surface area contributed by atoms with Crippen LogP contribution < -0.4 is 20.7 Å². The Bertz CT molecular complexity index is 3050. The van der Waals surface area contributed by atoms with Crippen LogP contribution in [0, 0.1) is 0 Å². The van der Waals surface area contributed by atoms with Gasteiger partial charge in [0.1, 0.15) is 35.5 Å². The fourth-order valence-corrected chi connectivity index (χ4v) is 8.27. The van der Waals surface area contributed by atoms with Gasteiger partial charge in [-0.1, -0.05) is 84.9 Å². The molecule has 2 aromatic heterocycles. The van der Waals surface area contributed by atoms with E-state index in [-0.39, 0.29) is 24.2 Å². The topological polar surface area (TPSA) is 181 Å². The average molecular weight is 833 g/mol. The van der Waals surface area contributed by atoms with Gasteiger partial charge in [-0.25, -0.2) is 19.3 Å². The molecular weight excluding hydrogens is 793 g/mol. The molecule has 1 saturated heterocycles. The van der Waals surface area contributed by atoms with E-state index in [4.69, 9.17) is 33.7 Å². The number of benzene rings is 6. The lowest BCUT2D eigenvalue weighted by Gasteiger charge is -2.37. The third-order valence-electron chi connectivity index (χ3n) is 11.3. The first-order valence-electron chi connectivity index (χ1n) is 20.0. The summed E-state index contributed by atoms with van der Waals surface area (Å²) in [4.78, 5) is 64.0. The second kappa shape index (κ2) is 16.6. The van der Waals surface area contributed by atoms with Gasteiger partial charge in [-0.05, 0) is 75.3 Å². The number of carboxylic acid groups (broad SMARTS) is 1. The first-order valence-corrected chi connectivity index (χ1v) is 20.0. The van der Waals surface area contributed by atoms with Gasteiger partial charge in [0.2, 0.25) is 0 Å². The van der Waals surface area contributed by atoms with Crippen LogP contribution >= 0.6 is 0 Å². The zero-order valence-corrected chi connectivity index (χ0v) is 33.6. The molecule has 312 valence electrons. The molecule has 1 fully saturated rings. The number of esters is 1. The molecule has 0 bridgehead atoms. The van der Waals surface area contributed by atoms with Crippen molar-refractivity contribution in [3.63, 3.8) is 0 Å². The minimum atomic E-state index is -1.28. The molecule has 14 nitrogen and oxygen atoms in total. The van der Waals surface area contributed by atoms with Crippen LogP contribution in [-0.2, 0) is 29.4 Å². The van der Waals surface area contributed by atoms with Crippen LogP contribution in [0.15, 0.2) is 137 Å². The number of aromatic nitrogens is 4. The standard InChI is InChI=1S/C48H40N4O10/c1-58-34-17-13-32(14-18-34)48(31-10-4-3-5-11-31,33-15-19-35(59-2)20-16-33)60-27-39-38(62-42(55)23-22-41(53)54)26-40(61-39)52-45-44(46(56)51-47(52)57)50-43-36-25-29-9-7-6-8-28(29)24-30(36)12-21-37(43)49-45/h3-21,24-25,38-40H,22-23,26-27H2,1-2H3,(H,53,54)(H,51,56,57)/t38-,39+,40+/m0/s1. The molecule has 0 saturated carbocycles. The Morgan fingerprint density at radius 2 is 1.39 bits per heavy atom. The third-order valence-corrected chi connectivity index (χ3v) is 11.3. The van der Waals surface area contributed by atoms with Gasteiger partial charge in [-0.2, -0.15) is 0 Å². The molecule has 0 spiro atoms. The second-order valence-corrected chi connectivity index (χ2v) is 15.0. The molecule has 0 radical (unpaired) electrons. The second-order valence-electron chi connectivity index (χ2n) is 15.0. The molecule has 1 aliphatic rings. The Kier molecular flexibility index (Phi) is 10.7. The Balaban J connectivity index is 1.14. The van der Waals surface area contributed by atoms with Crippen LogP contribution in [0.2, 0.25) is 0 Å². The number of carbonyl (C=O) groups is 2. The molecular formula is C48H40N4O10. The zero-order valence-electron chi connectivity index (χ0n) is 33.6. The minimum Gasteiger partial charge on any atom is -0.497 e. The molecule has 0 amide bonds. The summed E-state index contributed by atoms with van der Waals surface area (Å²) < 4.78 is 31.9. The van der Waals surface area contributed by atoms with E-state index in [1.807, 2.05) is 121 Å². The molecule has 6 aromatic carbocycles. The summed E-state index contributed by atoms with van der Waals surface area (Å²) in [5, 5.41) is 13.0. The van der Waals surface area contributed by atoms with E-state index in [0.29, 0.717) is 22.5 Å². The summed E-state index contributed by atoms with van der Waals surface area (Å²) in [7, 11) is 3.17. The van der Waals surface area contributed by atoms with E-state index in [1.54, 1.807) is 20.3 Å². The summed E-state index contributed by atoms with van der Waals surface area (Å²) in [6.07, 6.45) is -4.07. The normalized spacial score (nSPS) is 16.5. The van der Waals surface area contributed by atoms with Gasteiger partial charge in [0.15, 0.2) is 11.2 Å². The van der Waals surface area contributed by atoms with Gasteiger partial charge >= 0.3 is 17.6 Å². The number of aromatic amines is 1. The Morgan fingerprint density at radius 3 is 2.03 bits per heavy atom. The minimum absolute atomic E-state index is 0.0241. The van der Waals surface area contributed by atoms with Crippen molar-refractivity contribution in [1.29, 1.82) is 0 Å². The maximum absolute atomic E-state index is 13.9. The van der Waals surface area contributed by atoms with E-state index in [2.05, 4.69) is 4.98 Å². The van der Waals surface area contributed by atoms with Gasteiger partial charge in [0.05, 0.1) is 44.7 Å². The van der Waals surface area contributed by atoms with Crippen LogP contribution in [-0.4, -0.2) is 69.6 Å². The third kappa shape index (κ3) is 7.39. The average Bonchev–Trinajstić information content (AvgIpc) is 3.69. The quantitative estimate of drug-likeness (QED) is 0.0525. The highest BCUT2D eigenvalue weighted by atomic mass is 16.6. The van der Waals surface area contributed by atoms with E-state index in [9.17, 15) is 24.3 Å². The van der Waals surface area contributed by atoms with Gasteiger partial charge in [-0.3, -0.25) is 19.4 Å². The number of nitrogens with one attached hydrogen (secondary N) is 1. The molecule has 14 heteroatoms. The summed E-state index contributed by atoms with van der Waals surface area (Å²) in [6.45, 7) is -0.190. The van der Waals surface area contributed by atoms with Crippen molar-refractivity contribution in [3.05, 3.63) is 165 Å². The number of nitrogens with zero attached hydrogens (tertiary/aromatic N) is 3. The van der Waals surface area contributed by atoms with Gasteiger partial charge in [-0.15, -0.1) is 0 Å². The van der Waals surface area contributed by atoms with Crippen LogP contribution in [0.4, 0.5) is 0 Å². The van der Waals surface area contributed by atoms with Crippen molar-refractivity contribution in [2.45, 2.75) is 43.3 Å². The highest BCUT2D eigenvalue weighted by Crippen LogP contribution is 2.43. The van der Waals surface area contributed by atoms with Gasteiger partial charge < -0.3 is 28.8 Å². The van der Waals surface area contributed by atoms with Crippen molar-refractivity contribution in [2.24, 2.45) is 0 Å². The molecule has 0 aliphatic carbocycles. The van der Waals surface area contributed by atoms with E-state index < -0.39 is 60.1 Å². The molecule has 0 unspecified atom stereocenters. The fourth-order valence-electron chi connectivity index (χ4n) is 8.27. The summed E-state index contributed by atoms with van der Waals surface area (Å²) >= 11 is 0. The predicted octanol–water partition coefficient (Wildman–Crippen LogP) is 7.03. The largest absolute Gasteiger partial charge is 0.497 e. The highest BCUT2D eigenvalue weighted by Gasteiger charge is 2.44. The number of H-pyrrole nitrogens is 1. The first kappa shape index (κ1) is 40.0. The zero-order chi connectivity index (χ0) is 43.0. The smallest absolute Gasteiger partial charge is 0.332 e. The first-order chi connectivity index (χ1) is 30.1. The molecule has 2 N–H and O–H groups in total. The van der Waals surface area contributed by atoms with E-state index in [1.165, 1.54) is 4.57 Å². The van der Waals surface area contributed by atoms with Crippen LogP contribution in [0.25, 0.3) is 43.7 Å². The number of ether oxygens (including phenoxy) is 5. The monoisotopic (exact) mass is 832 g/mol. The number of hydrogen-bond acceptors (Lipinski definition) is 11. The molecule has 9 rings (SSSR count). The molecule has 3 atom stereocenters. The van der Waals surface area contributed by atoms with Crippen molar-refractivity contribution < 1.29 is 38.4 Å². The van der Waals surface area contributed by atoms with Crippen LogP contribution in [0.3, 0.4) is 0 Å². The van der Waals surface area contributed by atoms with Crippen molar-refractivity contribution in [1.82, 2.24) is 19.5 Å². The summed E-state index contributed by atoms with van der Waals surface area (Å²) in [5.41, 5.74) is 0.256. The van der Waals surface area contributed by atoms with Crippen molar-refractivity contribution in [3.8, 4) is 11.5 Å². The SMILES string of the molecule is COc1ccc(C(OC[C@H]2O[C@@H](n3c(=O)[nH]c(=O)c4nc5c(ccc6cc7ccccc7cc65)nc43)C[C@@H]2OC(=O)CCC(=O)O)(c2ccccc2)c2ccc(OC)cc2)cc1. The molecule has 62 heavy (non-hydrogen) atoms. The lowest BCUT2D eigenvalue weighted by atomic mass is 9.80. The predicted molar refractivity (Wildman–Crippen MR) is 230 cm³/mol. The molecule has 1 aliphatic heterocycles. The van der Waals surface area contributed by atoms with E-state index >= 15 is 0 Å². The molecule has 3 heterocycles. The number of aliphatic carboxylic acids is 1. The Hall–Kier alpha value is -7.42. The maximum Gasteiger partial charge on any atom is 0.332 e. The maximum atomic E-state index is 13.9. The number of carboxylic acids is 1. The van der Waals surface area contributed by atoms with Crippen LogP contribution in [0.5, 0.6) is 11.5 Å². The number of carbonyl (C=O) groups excluding carboxylic acids is 1. The summed E-state index contributed by atoms with van der Waals surface area (Å²) in [6, 6.07) is 40.2.